The first kappa shape index (κ1) is 12.1. The van der Waals surface area contributed by atoms with Gasteiger partial charge in [0.15, 0.2) is 0 Å². The third-order valence-corrected chi connectivity index (χ3v) is 4.62. The Kier molecular flexibility index (Phi) is 4.00. The fraction of sp³-hybridized carbons (Fsp3) is 0.545. The number of piperidine rings is 1. The van der Waals surface area contributed by atoms with Gasteiger partial charge in [0.05, 0.1) is 5.92 Å². The number of hydrogen-bond acceptors (Lipinski definition) is 3. The lowest BCUT2D eigenvalue weighted by molar-refractivity contribution is -0.143. The van der Waals surface area contributed by atoms with E-state index >= 15 is 0 Å². The summed E-state index contributed by atoms with van der Waals surface area (Å²) in [6.07, 6.45) is 1.56. The lowest BCUT2D eigenvalue weighted by Crippen LogP contribution is -2.35. The Labute approximate surface area is 107 Å². The molecule has 1 aromatic rings. The minimum atomic E-state index is -0.640. The number of halogens is 1. The molecule has 1 aromatic heterocycles. The maximum atomic E-state index is 10.8. The molecule has 1 saturated heterocycles. The molecule has 0 unspecified atom stereocenters. The lowest BCUT2D eigenvalue weighted by Gasteiger charge is -2.29. The number of carboxylic acids is 1. The van der Waals surface area contributed by atoms with Gasteiger partial charge in [-0.15, -0.1) is 11.3 Å². The number of hydrogen-bond donors (Lipinski definition) is 1. The molecule has 5 heteroatoms. The molecule has 0 spiro atoms. The Morgan fingerprint density at radius 1 is 1.56 bits per heavy atom. The predicted octanol–water partition coefficient (Wildman–Crippen LogP) is 2.81. The number of carboxylic acid groups (broad SMARTS) is 1. The standard InChI is InChI=1S/C11H14BrNO2S/c12-9-5-10(16-7-9)6-13-3-1-8(2-4-13)11(14)15/h5,7-8H,1-4,6H2,(H,14,15). The van der Waals surface area contributed by atoms with Crippen LogP contribution >= 0.6 is 27.3 Å². The van der Waals surface area contributed by atoms with E-state index < -0.39 is 5.97 Å². The number of nitrogens with zero attached hydrogens (tertiary/aromatic N) is 1. The van der Waals surface area contributed by atoms with Crippen molar-refractivity contribution >= 4 is 33.2 Å². The van der Waals surface area contributed by atoms with Crippen LogP contribution in [0.4, 0.5) is 0 Å². The van der Waals surface area contributed by atoms with Crippen LogP contribution in [0.1, 0.15) is 17.7 Å². The maximum absolute atomic E-state index is 10.8. The smallest absolute Gasteiger partial charge is 0.306 e. The molecule has 88 valence electrons. The summed E-state index contributed by atoms with van der Waals surface area (Å²) in [7, 11) is 0. The van der Waals surface area contributed by atoms with Crippen molar-refractivity contribution in [2.45, 2.75) is 19.4 Å². The molecule has 1 fully saturated rings. The molecule has 2 heterocycles. The first-order valence-corrected chi connectivity index (χ1v) is 7.00. The number of rotatable bonds is 3. The van der Waals surface area contributed by atoms with Gasteiger partial charge in [-0.2, -0.15) is 0 Å². The zero-order chi connectivity index (χ0) is 11.5. The zero-order valence-corrected chi connectivity index (χ0v) is 11.3. The monoisotopic (exact) mass is 303 g/mol. The zero-order valence-electron chi connectivity index (χ0n) is 8.86. The largest absolute Gasteiger partial charge is 0.481 e. The van der Waals surface area contributed by atoms with Gasteiger partial charge in [-0.25, -0.2) is 0 Å². The molecule has 0 amide bonds. The second-order valence-electron chi connectivity index (χ2n) is 4.12. The van der Waals surface area contributed by atoms with Gasteiger partial charge in [-0.3, -0.25) is 9.69 Å². The normalized spacial score (nSPS) is 18.8. The fourth-order valence-electron chi connectivity index (χ4n) is 2.00. The minimum Gasteiger partial charge on any atom is -0.481 e. The Balaban J connectivity index is 1.83. The van der Waals surface area contributed by atoms with Crippen molar-refractivity contribution in [1.82, 2.24) is 4.90 Å². The van der Waals surface area contributed by atoms with Crippen LogP contribution in [0.25, 0.3) is 0 Å². The van der Waals surface area contributed by atoms with Crippen LogP contribution in [0.15, 0.2) is 15.9 Å². The lowest BCUT2D eigenvalue weighted by atomic mass is 9.97. The van der Waals surface area contributed by atoms with Crippen molar-refractivity contribution in [2.24, 2.45) is 5.92 Å². The summed E-state index contributed by atoms with van der Waals surface area (Å²) in [5, 5.41) is 11.0. The second-order valence-corrected chi connectivity index (χ2v) is 6.03. The van der Waals surface area contributed by atoms with E-state index in [9.17, 15) is 4.79 Å². The second kappa shape index (κ2) is 5.29. The van der Waals surface area contributed by atoms with Gasteiger partial charge < -0.3 is 5.11 Å². The fourth-order valence-corrected chi connectivity index (χ4v) is 3.49. The van der Waals surface area contributed by atoms with Crippen LogP contribution in [-0.2, 0) is 11.3 Å². The highest BCUT2D eigenvalue weighted by Crippen LogP contribution is 2.24. The van der Waals surface area contributed by atoms with Crippen LogP contribution < -0.4 is 0 Å². The number of carbonyl (C=O) groups is 1. The first-order chi connectivity index (χ1) is 7.65. The highest BCUT2D eigenvalue weighted by atomic mass is 79.9. The van der Waals surface area contributed by atoms with Crippen LogP contribution in [-0.4, -0.2) is 29.1 Å². The van der Waals surface area contributed by atoms with Crippen molar-refractivity contribution in [3.05, 3.63) is 20.8 Å². The van der Waals surface area contributed by atoms with Crippen LogP contribution in [0.3, 0.4) is 0 Å². The van der Waals surface area contributed by atoms with Crippen molar-refractivity contribution in [3.63, 3.8) is 0 Å². The van der Waals surface area contributed by atoms with Gasteiger partial charge in [0.1, 0.15) is 0 Å². The summed E-state index contributed by atoms with van der Waals surface area (Å²) >= 11 is 5.19. The Bertz CT molecular complexity index is 372. The molecule has 1 N–H and O–H groups in total. The van der Waals surface area contributed by atoms with Crippen LogP contribution in [0.5, 0.6) is 0 Å². The number of likely N-dealkylation sites (tertiary alicyclic amines) is 1. The van der Waals surface area contributed by atoms with Gasteiger partial charge >= 0.3 is 5.97 Å². The number of thiophene rings is 1. The van der Waals surface area contributed by atoms with Crippen molar-refractivity contribution in [3.8, 4) is 0 Å². The molecule has 0 radical (unpaired) electrons. The topological polar surface area (TPSA) is 40.5 Å². The molecule has 16 heavy (non-hydrogen) atoms. The average Bonchev–Trinajstić information content (AvgIpc) is 2.65. The molecule has 0 bridgehead atoms. The van der Waals surface area contributed by atoms with Gasteiger partial charge in [-0.1, -0.05) is 0 Å². The van der Waals surface area contributed by atoms with E-state index in [0.717, 1.165) is 36.9 Å². The van der Waals surface area contributed by atoms with Crippen molar-refractivity contribution < 1.29 is 9.90 Å². The molecule has 0 aromatic carbocycles. The Morgan fingerprint density at radius 2 is 2.25 bits per heavy atom. The molecular formula is C11H14BrNO2S. The molecular weight excluding hydrogens is 290 g/mol. The van der Waals surface area contributed by atoms with Gasteiger partial charge in [0.2, 0.25) is 0 Å². The van der Waals surface area contributed by atoms with E-state index in [0.29, 0.717) is 0 Å². The third kappa shape index (κ3) is 3.06. The molecule has 1 aliphatic rings. The molecule has 1 aliphatic heterocycles. The average molecular weight is 304 g/mol. The van der Waals surface area contributed by atoms with Gasteiger partial charge in [0.25, 0.3) is 0 Å². The quantitative estimate of drug-likeness (QED) is 0.933. The van der Waals surface area contributed by atoms with Crippen molar-refractivity contribution in [1.29, 1.82) is 0 Å². The highest BCUT2D eigenvalue weighted by molar-refractivity contribution is 9.10. The van der Waals surface area contributed by atoms with E-state index in [4.69, 9.17) is 5.11 Å². The first-order valence-electron chi connectivity index (χ1n) is 5.33. The predicted molar refractivity (Wildman–Crippen MR) is 67.7 cm³/mol. The summed E-state index contributed by atoms with van der Waals surface area (Å²) in [5.41, 5.74) is 0. The van der Waals surface area contributed by atoms with E-state index in [1.165, 1.54) is 4.88 Å². The summed E-state index contributed by atoms with van der Waals surface area (Å²) < 4.78 is 1.13. The van der Waals surface area contributed by atoms with E-state index in [1.54, 1.807) is 11.3 Å². The molecule has 0 saturated carbocycles. The van der Waals surface area contributed by atoms with Crippen molar-refractivity contribution in [2.75, 3.05) is 13.1 Å². The molecule has 2 rings (SSSR count). The number of aliphatic carboxylic acids is 1. The summed E-state index contributed by atoms with van der Waals surface area (Å²) in [4.78, 5) is 14.5. The molecule has 3 nitrogen and oxygen atoms in total. The molecule has 0 aliphatic carbocycles. The molecule has 0 atom stereocenters. The Morgan fingerprint density at radius 3 is 2.75 bits per heavy atom. The summed E-state index contributed by atoms with van der Waals surface area (Å²) in [5.74, 6) is -0.773. The van der Waals surface area contributed by atoms with Crippen LogP contribution in [0, 0.1) is 5.92 Å². The third-order valence-electron chi connectivity index (χ3n) is 2.94. The van der Waals surface area contributed by atoms with E-state index in [-0.39, 0.29) is 5.92 Å². The summed E-state index contributed by atoms with van der Waals surface area (Å²) in [6.45, 7) is 2.74. The SMILES string of the molecule is O=C(O)C1CCN(Cc2cc(Br)cs2)CC1. The van der Waals surface area contributed by atoms with Gasteiger partial charge in [-0.05, 0) is 47.9 Å². The van der Waals surface area contributed by atoms with E-state index in [1.807, 2.05) is 0 Å². The highest BCUT2D eigenvalue weighted by Gasteiger charge is 2.24. The van der Waals surface area contributed by atoms with E-state index in [2.05, 4.69) is 32.3 Å². The minimum absolute atomic E-state index is 0.133. The van der Waals surface area contributed by atoms with Gasteiger partial charge in [0, 0.05) is 21.3 Å². The Hall–Kier alpha value is -0.390. The maximum Gasteiger partial charge on any atom is 0.306 e. The van der Waals surface area contributed by atoms with Crippen LogP contribution in [0.2, 0.25) is 0 Å². The summed E-state index contributed by atoms with van der Waals surface area (Å²) in [6, 6.07) is 2.13.